The zero-order valence-electron chi connectivity index (χ0n) is 13.0. The standard InChI is InChI=1S/C16H26O5/c1-16(2)18-9-15(21-16)11-5-3-4-10(19-11)12-6-7-13(20-12)14-8-17-14/h10-15H,3-9H2,1-2H3/t10-,11+,12-,13-,14+,15-/m1/s1. The Labute approximate surface area is 126 Å². The van der Waals surface area contributed by atoms with Crippen LogP contribution in [0.15, 0.2) is 0 Å². The molecule has 21 heavy (non-hydrogen) atoms. The Morgan fingerprint density at radius 2 is 1.29 bits per heavy atom. The van der Waals surface area contributed by atoms with E-state index in [0.29, 0.717) is 18.8 Å². The third kappa shape index (κ3) is 3.13. The fraction of sp³-hybridized carbons (Fsp3) is 1.00. The topological polar surface area (TPSA) is 49.5 Å². The molecular formula is C16H26O5. The Morgan fingerprint density at radius 1 is 0.714 bits per heavy atom. The molecule has 0 aromatic carbocycles. The van der Waals surface area contributed by atoms with E-state index in [9.17, 15) is 0 Å². The number of epoxide rings is 1. The molecule has 4 aliphatic heterocycles. The summed E-state index contributed by atoms with van der Waals surface area (Å²) in [5.41, 5.74) is 0. The van der Waals surface area contributed by atoms with E-state index in [2.05, 4.69) is 0 Å². The second kappa shape index (κ2) is 5.46. The smallest absolute Gasteiger partial charge is 0.163 e. The number of ether oxygens (including phenoxy) is 5. The molecule has 5 nitrogen and oxygen atoms in total. The molecule has 4 rings (SSSR count). The fourth-order valence-electron chi connectivity index (χ4n) is 3.83. The highest BCUT2D eigenvalue weighted by atomic mass is 16.7. The van der Waals surface area contributed by atoms with Crippen LogP contribution in [0.1, 0.15) is 46.0 Å². The van der Waals surface area contributed by atoms with Gasteiger partial charge in [-0.1, -0.05) is 0 Å². The Kier molecular flexibility index (Phi) is 3.74. The molecule has 4 aliphatic rings. The molecule has 4 fully saturated rings. The summed E-state index contributed by atoms with van der Waals surface area (Å²) < 4.78 is 29.5. The number of hydrogen-bond donors (Lipinski definition) is 0. The minimum atomic E-state index is -0.473. The average molecular weight is 298 g/mol. The lowest BCUT2D eigenvalue weighted by molar-refractivity contribution is -0.184. The Morgan fingerprint density at radius 3 is 1.86 bits per heavy atom. The minimum Gasteiger partial charge on any atom is -0.370 e. The Bertz CT molecular complexity index is 381. The van der Waals surface area contributed by atoms with Crippen molar-refractivity contribution < 1.29 is 23.7 Å². The van der Waals surface area contributed by atoms with Gasteiger partial charge in [-0.25, -0.2) is 0 Å². The third-order valence-corrected chi connectivity index (χ3v) is 5.05. The molecule has 0 amide bonds. The zero-order valence-corrected chi connectivity index (χ0v) is 13.0. The minimum absolute atomic E-state index is 0.0618. The summed E-state index contributed by atoms with van der Waals surface area (Å²) in [5, 5.41) is 0. The second-order valence-electron chi connectivity index (χ2n) is 7.17. The van der Waals surface area contributed by atoms with Crippen molar-refractivity contribution in [3.63, 3.8) is 0 Å². The zero-order chi connectivity index (χ0) is 14.4. The lowest BCUT2D eigenvalue weighted by atomic mass is 9.96. The third-order valence-electron chi connectivity index (χ3n) is 5.05. The quantitative estimate of drug-likeness (QED) is 0.746. The largest absolute Gasteiger partial charge is 0.370 e. The first kappa shape index (κ1) is 14.4. The molecule has 0 unspecified atom stereocenters. The van der Waals surface area contributed by atoms with E-state index >= 15 is 0 Å². The lowest BCUT2D eigenvalue weighted by Crippen LogP contribution is -2.43. The molecule has 0 aliphatic carbocycles. The van der Waals surface area contributed by atoms with Crippen molar-refractivity contribution in [2.24, 2.45) is 0 Å². The summed E-state index contributed by atoms with van der Waals surface area (Å²) in [6.45, 7) is 5.43. The molecule has 0 N–H and O–H groups in total. The summed E-state index contributed by atoms with van der Waals surface area (Å²) in [7, 11) is 0. The van der Waals surface area contributed by atoms with Gasteiger partial charge in [0, 0.05) is 0 Å². The normalized spacial score (nSPS) is 49.4. The van der Waals surface area contributed by atoms with Crippen molar-refractivity contribution in [3.05, 3.63) is 0 Å². The highest BCUT2D eigenvalue weighted by molar-refractivity contribution is 4.91. The number of hydrogen-bond acceptors (Lipinski definition) is 5. The molecule has 0 radical (unpaired) electrons. The monoisotopic (exact) mass is 298 g/mol. The molecule has 4 saturated heterocycles. The SMILES string of the molecule is CC1(C)OC[C@H]([C@@H]2CCC[C@H]([C@H]3CC[C@H]([C@@H]4CO4)O3)O2)O1. The van der Waals surface area contributed by atoms with Crippen molar-refractivity contribution >= 4 is 0 Å². The molecule has 0 saturated carbocycles. The molecule has 6 atom stereocenters. The maximum absolute atomic E-state index is 6.33. The van der Waals surface area contributed by atoms with Crippen LogP contribution in [0, 0.1) is 0 Å². The van der Waals surface area contributed by atoms with E-state index in [1.54, 1.807) is 0 Å². The predicted octanol–water partition coefficient (Wildman–Crippen LogP) is 2.02. The van der Waals surface area contributed by atoms with Crippen LogP contribution in [0.4, 0.5) is 0 Å². The van der Waals surface area contributed by atoms with Crippen LogP contribution in [0.5, 0.6) is 0 Å². The first-order valence-electron chi connectivity index (χ1n) is 8.35. The summed E-state index contributed by atoms with van der Waals surface area (Å²) in [6, 6.07) is 0. The van der Waals surface area contributed by atoms with E-state index < -0.39 is 5.79 Å². The van der Waals surface area contributed by atoms with Gasteiger partial charge < -0.3 is 23.7 Å². The molecule has 4 heterocycles. The van der Waals surface area contributed by atoms with Gasteiger partial charge in [0.2, 0.25) is 0 Å². The summed E-state index contributed by atoms with van der Waals surface area (Å²) in [4.78, 5) is 0. The van der Waals surface area contributed by atoms with Gasteiger partial charge in [-0.15, -0.1) is 0 Å². The molecular weight excluding hydrogens is 272 g/mol. The van der Waals surface area contributed by atoms with Gasteiger partial charge in [-0.2, -0.15) is 0 Å². The van der Waals surface area contributed by atoms with Gasteiger partial charge in [0.25, 0.3) is 0 Å². The maximum atomic E-state index is 6.33. The molecule has 0 spiro atoms. The van der Waals surface area contributed by atoms with Crippen LogP contribution in [0.25, 0.3) is 0 Å². The van der Waals surface area contributed by atoms with Crippen LogP contribution in [-0.4, -0.2) is 55.6 Å². The molecule has 120 valence electrons. The molecule has 0 aromatic rings. The summed E-state index contributed by atoms with van der Waals surface area (Å²) >= 11 is 0. The highest BCUT2D eigenvalue weighted by Crippen LogP contribution is 2.36. The van der Waals surface area contributed by atoms with Crippen LogP contribution in [-0.2, 0) is 23.7 Å². The van der Waals surface area contributed by atoms with Crippen LogP contribution in [0.3, 0.4) is 0 Å². The predicted molar refractivity (Wildman–Crippen MR) is 75.1 cm³/mol. The van der Waals surface area contributed by atoms with Gasteiger partial charge in [-0.3, -0.25) is 0 Å². The lowest BCUT2D eigenvalue weighted by Gasteiger charge is -2.35. The van der Waals surface area contributed by atoms with E-state index in [4.69, 9.17) is 23.7 Å². The van der Waals surface area contributed by atoms with Gasteiger partial charge in [0.05, 0.1) is 37.6 Å². The Hall–Kier alpha value is -0.200. The summed E-state index contributed by atoms with van der Waals surface area (Å²) in [6.07, 6.45) is 6.82. The van der Waals surface area contributed by atoms with E-state index in [1.807, 2.05) is 13.8 Å². The van der Waals surface area contributed by atoms with Crippen molar-refractivity contribution in [3.8, 4) is 0 Å². The van der Waals surface area contributed by atoms with Crippen LogP contribution in [0.2, 0.25) is 0 Å². The maximum Gasteiger partial charge on any atom is 0.163 e. The van der Waals surface area contributed by atoms with Crippen molar-refractivity contribution in [1.29, 1.82) is 0 Å². The van der Waals surface area contributed by atoms with E-state index in [-0.39, 0.29) is 24.4 Å². The van der Waals surface area contributed by atoms with Gasteiger partial charge in [0.15, 0.2) is 5.79 Å². The number of rotatable bonds is 3. The summed E-state index contributed by atoms with van der Waals surface area (Å²) in [5.74, 6) is -0.473. The average Bonchev–Trinajstić information content (AvgIpc) is 3.08. The van der Waals surface area contributed by atoms with Crippen LogP contribution < -0.4 is 0 Å². The first-order chi connectivity index (χ1) is 10.1. The van der Waals surface area contributed by atoms with Crippen LogP contribution >= 0.6 is 0 Å². The van der Waals surface area contributed by atoms with E-state index in [1.165, 1.54) is 6.42 Å². The molecule has 0 aromatic heterocycles. The van der Waals surface area contributed by atoms with Crippen molar-refractivity contribution in [2.75, 3.05) is 13.2 Å². The molecule has 5 heteroatoms. The fourth-order valence-corrected chi connectivity index (χ4v) is 3.83. The highest BCUT2D eigenvalue weighted by Gasteiger charge is 2.45. The van der Waals surface area contributed by atoms with Gasteiger partial charge >= 0.3 is 0 Å². The molecule has 0 bridgehead atoms. The van der Waals surface area contributed by atoms with E-state index in [0.717, 1.165) is 32.3 Å². The second-order valence-corrected chi connectivity index (χ2v) is 7.17. The van der Waals surface area contributed by atoms with Gasteiger partial charge in [0.1, 0.15) is 12.2 Å². The first-order valence-corrected chi connectivity index (χ1v) is 8.35. The van der Waals surface area contributed by atoms with Crippen molar-refractivity contribution in [2.45, 2.75) is 88.4 Å². The van der Waals surface area contributed by atoms with Crippen molar-refractivity contribution in [1.82, 2.24) is 0 Å². The Balaban J connectivity index is 1.33. The van der Waals surface area contributed by atoms with Gasteiger partial charge in [-0.05, 0) is 46.0 Å².